The van der Waals surface area contributed by atoms with E-state index < -0.39 is 0 Å². The van der Waals surface area contributed by atoms with Crippen molar-refractivity contribution < 1.29 is 0 Å². The van der Waals surface area contributed by atoms with Gasteiger partial charge < -0.3 is 9.80 Å². The Bertz CT molecular complexity index is 924. The monoisotopic (exact) mass is 430 g/mol. The van der Waals surface area contributed by atoms with Crippen LogP contribution >= 0.6 is 0 Å². The van der Waals surface area contributed by atoms with E-state index in [1.165, 1.54) is 24.0 Å². The molecule has 0 radical (unpaired) electrons. The number of aromatic nitrogens is 2. The van der Waals surface area contributed by atoms with Crippen LogP contribution in [-0.4, -0.2) is 78.7 Å². The smallest absolute Gasteiger partial charge is 0.227 e. The number of hydrogen-bond donors (Lipinski definition) is 0. The van der Waals surface area contributed by atoms with E-state index in [0.29, 0.717) is 0 Å². The number of benzene rings is 1. The largest absolute Gasteiger partial charge is 0.354 e. The highest BCUT2D eigenvalue weighted by molar-refractivity contribution is 5.44. The number of hydrogen-bond acceptors (Lipinski definition) is 6. The molecule has 0 spiro atoms. The third-order valence-corrected chi connectivity index (χ3v) is 6.71. The maximum atomic E-state index is 4.95. The van der Waals surface area contributed by atoms with Crippen LogP contribution in [0.1, 0.15) is 18.4 Å². The van der Waals surface area contributed by atoms with Gasteiger partial charge in [0.05, 0.1) is 0 Å². The minimum Gasteiger partial charge on any atom is -0.354 e. The molecule has 6 heteroatoms. The minimum absolute atomic E-state index is 0.880. The lowest BCUT2D eigenvalue weighted by Gasteiger charge is -2.37. The highest BCUT2D eigenvalue weighted by atomic mass is 15.3. The summed E-state index contributed by atoms with van der Waals surface area (Å²) in [6.07, 6.45) is 11.3. The summed E-state index contributed by atoms with van der Waals surface area (Å²) < 4.78 is 0. The molecule has 3 heterocycles. The standard InChI is InChI=1S/C26H34N6/c1-3-7-23(8-4-1)21-29-13-17-31(18-14-29)25-11-12-27-26(28-25)32-19-15-30(16-20-32)22-24-9-5-2-6-10-24/h1,3-5,7-12H,2,6,13-22H2. The molecule has 6 nitrogen and oxygen atoms in total. The first-order valence-electron chi connectivity index (χ1n) is 12.0. The molecule has 3 aliphatic rings. The lowest BCUT2D eigenvalue weighted by Crippen LogP contribution is -2.48. The molecule has 1 aromatic heterocycles. The third kappa shape index (κ3) is 5.37. The minimum atomic E-state index is 0.880. The van der Waals surface area contributed by atoms with E-state index in [1.807, 2.05) is 6.20 Å². The van der Waals surface area contributed by atoms with Crippen LogP contribution < -0.4 is 9.80 Å². The fourth-order valence-corrected chi connectivity index (χ4v) is 4.79. The summed E-state index contributed by atoms with van der Waals surface area (Å²) >= 11 is 0. The van der Waals surface area contributed by atoms with Gasteiger partial charge in [0.15, 0.2) is 0 Å². The van der Waals surface area contributed by atoms with Crippen molar-refractivity contribution >= 4 is 11.8 Å². The Hall–Kier alpha value is -2.70. The Morgan fingerprint density at radius 3 is 2.16 bits per heavy atom. The lowest BCUT2D eigenvalue weighted by molar-refractivity contribution is 0.249. The van der Waals surface area contributed by atoms with Crippen LogP contribution in [0.2, 0.25) is 0 Å². The molecular formula is C26H34N6. The second-order valence-corrected chi connectivity index (χ2v) is 8.99. The van der Waals surface area contributed by atoms with Gasteiger partial charge in [-0.2, -0.15) is 4.98 Å². The van der Waals surface area contributed by atoms with E-state index in [9.17, 15) is 0 Å². The third-order valence-electron chi connectivity index (χ3n) is 6.71. The Morgan fingerprint density at radius 2 is 1.44 bits per heavy atom. The summed E-state index contributed by atoms with van der Waals surface area (Å²) in [6.45, 7) is 10.4. The van der Waals surface area contributed by atoms with Gasteiger partial charge in [-0.1, -0.05) is 48.6 Å². The number of piperazine rings is 2. The van der Waals surface area contributed by atoms with Gasteiger partial charge in [-0.15, -0.1) is 0 Å². The Balaban J connectivity index is 1.13. The molecule has 32 heavy (non-hydrogen) atoms. The van der Waals surface area contributed by atoms with E-state index in [2.05, 4.69) is 79.2 Å². The van der Waals surface area contributed by atoms with E-state index in [-0.39, 0.29) is 0 Å². The second-order valence-electron chi connectivity index (χ2n) is 8.99. The molecular weight excluding hydrogens is 396 g/mol. The Kier molecular flexibility index (Phi) is 6.80. The van der Waals surface area contributed by atoms with Crippen molar-refractivity contribution in [1.82, 2.24) is 19.8 Å². The predicted molar refractivity (Wildman–Crippen MR) is 131 cm³/mol. The molecule has 0 amide bonds. The first-order valence-corrected chi connectivity index (χ1v) is 12.0. The highest BCUT2D eigenvalue weighted by Gasteiger charge is 2.22. The molecule has 0 atom stereocenters. The Labute approximate surface area is 191 Å². The number of nitrogens with zero attached hydrogens (tertiary/aromatic N) is 6. The molecule has 2 saturated heterocycles. The fraction of sp³-hybridized carbons (Fsp3) is 0.462. The first kappa shape index (κ1) is 21.2. The first-order chi connectivity index (χ1) is 15.8. The zero-order valence-electron chi connectivity index (χ0n) is 18.9. The van der Waals surface area contributed by atoms with Crippen molar-refractivity contribution in [2.24, 2.45) is 0 Å². The zero-order valence-corrected chi connectivity index (χ0v) is 18.9. The van der Waals surface area contributed by atoms with Crippen LogP contribution in [0.25, 0.3) is 0 Å². The average Bonchev–Trinajstić information content (AvgIpc) is 2.86. The number of anilines is 2. The normalized spacial score (nSPS) is 20.4. The summed E-state index contributed by atoms with van der Waals surface area (Å²) in [4.78, 5) is 19.4. The molecule has 2 fully saturated rings. The molecule has 0 saturated carbocycles. The topological polar surface area (TPSA) is 38.7 Å². The molecule has 2 aliphatic heterocycles. The van der Waals surface area contributed by atoms with E-state index >= 15 is 0 Å². The van der Waals surface area contributed by atoms with Gasteiger partial charge in [0.2, 0.25) is 5.95 Å². The van der Waals surface area contributed by atoms with Crippen molar-refractivity contribution in [1.29, 1.82) is 0 Å². The van der Waals surface area contributed by atoms with Gasteiger partial charge >= 0.3 is 0 Å². The van der Waals surface area contributed by atoms with Crippen LogP contribution in [0, 0.1) is 0 Å². The molecule has 0 unspecified atom stereocenters. The summed E-state index contributed by atoms with van der Waals surface area (Å²) in [7, 11) is 0. The van der Waals surface area contributed by atoms with Crippen LogP contribution in [0.5, 0.6) is 0 Å². The number of rotatable bonds is 6. The maximum Gasteiger partial charge on any atom is 0.227 e. The van der Waals surface area contributed by atoms with Crippen LogP contribution in [-0.2, 0) is 6.54 Å². The molecule has 5 rings (SSSR count). The summed E-state index contributed by atoms with van der Waals surface area (Å²) in [5.41, 5.74) is 2.86. The van der Waals surface area contributed by atoms with Crippen LogP contribution in [0.4, 0.5) is 11.8 Å². The lowest BCUT2D eigenvalue weighted by atomic mass is 10.1. The molecule has 168 valence electrons. The highest BCUT2D eigenvalue weighted by Crippen LogP contribution is 2.19. The quantitative estimate of drug-likeness (QED) is 0.701. The van der Waals surface area contributed by atoms with Gasteiger partial charge in [-0.05, 0) is 30.0 Å². The van der Waals surface area contributed by atoms with Crippen molar-refractivity contribution in [3.05, 3.63) is 72.0 Å². The van der Waals surface area contributed by atoms with Crippen molar-refractivity contribution in [2.45, 2.75) is 19.4 Å². The van der Waals surface area contributed by atoms with E-state index in [0.717, 1.165) is 77.2 Å². The molecule has 0 N–H and O–H groups in total. The van der Waals surface area contributed by atoms with E-state index in [4.69, 9.17) is 4.98 Å². The van der Waals surface area contributed by atoms with Crippen LogP contribution in [0.3, 0.4) is 0 Å². The summed E-state index contributed by atoms with van der Waals surface area (Å²) in [5, 5.41) is 0. The molecule has 1 aliphatic carbocycles. The average molecular weight is 431 g/mol. The second kappa shape index (κ2) is 10.3. The van der Waals surface area contributed by atoms with Gasteiger partial charge in [0.25, 0.3) is 0 Å². The fourth-order valence-electron chi connectivity index (χ4n) is 4.79. The van der Waals surface area contributed by atoms with Gasteiger partial charge in [0.1, 0.15) is 5.82 Å². The summed E-state index contributed by atoms with van der Waals surface area (Å²) in [6, 6.07) is 12.8. The molecule has 2 aromatic rings. The van der Waals surface area contributed by atoms with Crippen molar-refractivity contribution in [3.63, 3.8) is 0 Å². The number of allylic oxidation sites excluding steroid dienone is 2. The maximum absolute atomic E-state index is 4.95. The zero-order chi connectivity index (χ0) is 21.6. The van der Waals surface area contributed by atoms with Crippen molar-refractivity contribution in [3.8, 4) is 0 Å². The molecule has 0 bridgehead atoms. The SMILES string of the molecule is C1=CC(CN2CCN(c3nccc(N4CCN(Cc5ccccc5)CC4)n3)CC2)=CCC1. The van der Waals surface area contributed by atoms with Gasteiger partial charge in [-0.3, -0.25) is 9.80 Å². The van der Waals surface area contributed by atoms with Crippen LogP contribution in [0.15, 0.2) is 66.4 Å². The van der Waals surface area contributed by atoms with E-state index in [1.54, 1.807) is 0 Å². The summed E-state index contributed by atoms with van der Waals surface area (Å²) in [5.74, 6) is 1.94. The van der Waals surface area contributed by atoms with Crippen molar-refractivity contribution in [2.75, 3.05) is 68.7 Å². The predicted octanol–water partition coefficient (Wildman–Crippen LogP) is 3.20. The van der Waals surface area contributed by atoms with Gasteiger partial charge in [-0.25, -0.2) is 4.98 Å². The van der Waals surface area contributed by atoms with Gasteiger partial charge in [0, 0.05) is 71.6 Å². The Morgan fingerprint density at radius 1 is 0.719 bits per heavy atom. The molecule has 1 aromatic carbocycles.